The molecule has 0 N–H and O–H groups in total. The molecule has 2 aliphatic heterocycles. The van der Waals surface area contributed by atoms with Crippen LogP contribution in [0.25, 0.3) is 0 Å². The fraction of sp³-hybridized carbons (Fsp3) is 0.481. The summed E-state index contributed by atoms with van der Waals surface area (Å²) in [7, 11) is 1.86. The quantitative estimate of drug-likeness (QED) is 0.615. The van der Waals surface area contributed by atoms with Gasteiger partial charge in [0.25, 0.3) is 5.91 Å². The number of hydrogen-bond donors (Lipinski definition) is 0. The first kappa shape index (κ1) is 25.2. The second kappa shape index (κ2) is 10.8. The number of piperidine rings is 2. The molecule has 0 radical (unpaired) electrons. The van der Waals surface area contributed by atoms with Crippen molar-refractivity contribution in [3.05, 3.63) is 71.3 Å². The Bertz CT molecular complexity index is 1010. The maximum atomic E-state index is 13.0. The summed E-state index contributed by atoms with van der Waals surface area (Å²) in [6, 6.07) is 14.9. The Kier molecular flexibility index (Phi) is 7.79. The van der Waals surface area contributed by atoms with Crippen molar-refractivity contribution in [1.82, 2.24) is 14.7 Å². The highest BCUT2D eigenvalue weighted by atomic mass is 19.4. The highest BCUT2D eigenvalue weighted by Crippen LogP contribution is 2.30. The molecular weight excluding hydrogens is 455 g/mol. The number of carbonyl (C=O) groups excluding carboxylic acids is 2. The Balaban J connectivity index is 1.24. The van der Waals surface area contributed by atoms with Crippen molar-refractivity contribution in [2.75, 3.05) is 33.2 Å². The van der Waals surface area contributed by atoms with Crippen molar-refractivity contribution < 1.29 is 22.8 Å². The number of halogens is 3. The summed E-state index contributed by atoms with van der Waals surface area (Å²) in [6.07, 6.45) is -1.25. The first-order valence-electron chi connectivity index (χ1n) is 12.2. The normalized spacial score (nSPS) is 18.5. The van der Waals surface area contributed by atoms with Crippen LogP contribution in [0.2, 0.25) is 0 Å². The van der Waals surface area contributed by atoms with Crippen LogP contribution in [0, 0.1) is 5.92 Å². The summed E-state index contributed by atoms with van der Waals surface area (Å²) in [5.74, 6) is -0.127. The zero-order valence-corrected chi connectivity index (χ0v) is 20.0. The minimum atomic E-state index is -4.47. The molecule has 2 aromatic carbocycles. The van der Waals surface area contributed by atoms with Crippen molar-refractivity contribution in [3.63, 3.8) is 0 Å². The van der Waals surface area contributed by atoms with Gasteiger partial charge in [0, 0.05) is 44.2 Å². The van der Waals surface area contributed by atoms with E-state index in [4.69, 9.17) is 0 Å². The number of rotatable bonds is 5. The predicted octanol–water partition coefficient (Wildman–Crippen LogP) is 4.68. The highest BCUT2D eigenvalue weighted by molar-refractivity contribution is 5.94. The Hall–Kier alpha value is -2.87. The first-order valence-corrected chi connectivity index (χ1v) is 12.2. The molecule has 8 heteroatoms. The maximum Gasteiger partial charge on any atom is 0.416 e. The molecule has 4 rings (SSSR count). The average Bonchev–Trinajstić information content (AvgIpc) is 2.88. The van der Waals surface area contributed by atoms with E-state index in [0.29, 0.717) is 25.7 Å². The van der Waals surface area contributed by atoms with E-state index in [0.717, 1.165) is 56.5 Å². The van der Waals surface area contributed by atoms with Gasteiger partial charge in [-0.25, -0.2) is 0 Å². The van der Waals surface area contributed by atoms with E-state index < -0.39 is 11.7 Å². The molecular formula is C27H32F3N3O2. The first-order chi connectivity index (χ1) is 16.7. The number of alkyl halides is 3. The van der Waals surface area contributed by atoms with Crippen LogP contribution in [-0.4, -0.2) is 65.8 Å². The molecule has 2 fully saturated rings. The van der Waals surface area contributed by atoms with E-state index in [2.05, 4.69) is 4.90 Å². The zero-order valence-electron chi connectivity index (χ0n) is 20.0. The van der Waals surface area contributed by atoms with Crippen LogP contribution in [0.4, 0.5) is 13.2 Å². The largest absolute Gasteiger partial charge is 0.416 e. The van der Waals surface area contributed by atoms with Crippen molar-refractivity contribution in [1.29, 1.82) is 0 Å². The fourth-order valence-electron chi connectivity index (χ4n) is 5.20. The van der Waals surface area contributed by atoms with Gasteiger partial charge in [0.05, 0.1) is 5.56 Å². The van der Waals surface area contributed by atoms with E-state index in [1.807, 2.05) is 42.3 Å². The molecule has 2 aliphatic rings. The molecule has 2 amide bonds. The zero-order chi connectivity index (χ0) is 25.0. The van der Waals surface area contributed by atoms with Gasteiger partial charge >= 0.3 is 6.18 Å². The third kappa shape index (κ3) is 6.23. The van der Waals surface area contributed by atoms with E-state index in [1.54, 1.807) is 4.90 Å². The summed E-state index contributed by atoms with van der Waals surface area (Å²) in [4.78, 5) is 31.6. The Morgan fingerprint density at radius 3 is 2.20 bits per heavy atom. The van der Waals surface area contributed by atoms with Crippen LogP contribution >= 0.6 is 0 Å². The molecule has 35 heavy (non-hydrogen) atoms. The number of likely N-dealkylation sites (tertiary alicyclic amines) is 2. The standard InChI is InChI=1S/C27H32F3N3O2/c1-31(19-20-6-3-2-4-7-20)25(34)21-10-14-32(15-11-21)24-12-16-33(17-13-24)26(35)22-8-5-9-23(18-22)27(28,29)30/h2-9,18,21,24H,10-17,19H2,1H3. The summed E-state index contributed by atoms with van der Waals surface area (Å²) < 4.78 is 39.0. The van der Waals surface area contributed by atoms with Crippen molar-refractivity contribution in [3.8, 4) is 0 Å². The van der Waals surface area contributed by atoms with Crippen molar-refractivity contribution in [2.24, 2.45) is 5.92 Å². The Morgan fingerprint density at radius 1 is 0.914 bits per heavy atom. The van der Waals surface area contributed by atoms with Gasteiger partial charge in [-0.3, -0.25) is 9.59 Å². The van der Waals surface area contributed by atoms with Gasteiger partial charge in [0.2, 0.25) is 5.91 Å². The molecule has 0 spiro atoms. The lowest BCUT2D eigenvalue weighted by molar-refractivity contribution is -0.138. The monoisotopic (exact) mass is 487 g/mol. The average molecular weight is 488 g/mol. The topological polar surface area (TPSA) is 43.9 Å². The molecule has 2 aromatic rings. The lowest BCUT2D eigenvalue weighted by Crippen LogP contribution is -2.50. The SMILES string of the molecule is CN(Cc1ccccc1)C(=O)C1CCN(C2CCN(C(=O)c3cccc(C(F)(F)F)c3)CC2)CC1. The summed E-state index contributed by atoms with van der Waals surface area (Å²) in [6.45, 7) is 3.36. The van der Waals surface area contributed by atoms with Gasteiger partial charge < -0.3 is 14.7 Å². The Labute approximate surface area is 204 Å². The molecule has 0 bridgehead atoms. The van der Waals surface area contributed by atoms with Gasteiger partial charge in [-0.05, 0) is 62.5 Å². The summed E-state index contributed by atoms with van der Waals surface area (Å²) >= 11 is 0. The lowest BCUT2D eigenvalue weighted by Gasteiger charge is -2.42. The van der Waals surface area contributed by atoms with E-state index in [-0.39, 0.29) is 23.3 Å². The van der Waals surface area contributed by atoms with Crippen molar-refractivity contribution in [2.45, 2.75) is 44.4 Å². The van der Waals surface area contributed by atoms with Gasteiger partial charge in [0.1, 0.15) is 0 Å². The molecule has 188 valence electrons. The molecule has 0 unspecified atom stereocenters. The molecule has 0 aromatic heterocycles. The third-order valence-corrected chi connectivity index (χ3v) is 7.22. The second-order valence-corrected chi connectivity index (χ2v) is 9.59. The Morgan fingerprint density at radius 2 is 1.57 bits per heavy atom. The minimum absolute atomic E-state index is 0.0301. The fourth-order valence-corrected chi connectivity index (χ4v) is 5.20. The maximum absolute atomic E-state index is 13.0. The van der Waals surface area contributed by atoms with Gasteiger partial charge in [-0.1, -0.05) is 36.4 Å². The highest BCUT2D eigenvalue weighted by Gasteiger charge is 2.34. The number of hydrogen-bond acceptors (Lipinski definition) is 3. The van der Waals surface area contributed by atoms with Gasteiger partial charge in [-0.2, -0.15) is 13.2 Å². The summed E-state index contributed by atoms with van der Waals surface area (Å²) in [5, 5.41) is 0. The van der Waals surface area contributed by atoms with Crippen molar-refractivity contribution >= 4 is 11.8 Å². The smallest absolute Gasteiger partial charge is 0.341 e. The number of carbonyl (C=O) groups is 2. The number of nitrogens with zero attached hydrogens (tertiary/aromatic N) is 3. The van der Waals surface area contributed by atoms with Crippen LogP contribution in [-0.2, 0) is 17.5 Å². The molecule has 2 saturated heterocycles. The summed E-state index contributed by atoms with van der Waals surface area (Å²) in [5.41, 5.74) is 0.398. The van der Waals surface area contributed by atoms with E-state index in [1.165, 1.54) is 12.1 Å². The van der Waals surface area contributed by atoms with Crippen LogP contribution in [0.3, 0.4) is 0 Å². The van der Waals surface area contributed by atoms with Gasteiger partial charge in [-0.15, -0.1) is 0 Å². The van der Waals surface area contributed by atoms with Gasteiger partial charge in [0.15, 0.2) is 0 Å². The minimum Gasteiger partial charge on any atom is -0.341 e. The predicted molar refractivity (Wildman–Crippen MR) is 128 cm³/mol. The van der Waals surface area contributed by atoms with Crippen LogP contribution in [0.15, 0.2) is 54.6 Å². The molecule has 5 nitrogen and oxygen atoms in total. The number of amides is 2. The second-order valence-electron chi connectivity index (χ2n) is 9.59. The van der Waals surface area contributed by atoms with Crippen LogP contribution in [0.5, 0.6) is 0 Å². The van der Waals surface area contributed by atoms with E-state index in [9.17, 15) is 22.8 Å². The van der Waals surface area contributed by atoms with E-state index >= 15 is 0 Å². The van der Waals surface area contributed by atoms with Crippen LogP contribution < -0.4 is 0 Å². The molecule has 2 heterocycles. The molecule has 0 saturated carbocycles. The number of benzene rings is 2. The molecule has 0 aliphatic carbocycles. The molecule has 0 atom stereocenters. The third-order valence-electron chi connectivity index (χ3n) is 7.22. The lowest BCUT2D eigenvalue weighted by atomic mass is 9.92. The van der Waals surface area contributed by atoms with Crippen LogP contribution in [0.1, 0.15) is 47.2 Å².